The number of rotatable bonds is 3. The van der Waals surface area contributed by atoms with Crippen molar-refractivity contribution in [2.45, 2.75) is 13.3 Å². The molecular weight excluding hydrogens is 196 g/mol. The van der Waals surface area contributed by atoms with E-state index >= 15 is 0 Å². The van der Waals surface area contributed by atoms with Crippen molar-refractivity contribution >= 4 is 16.8 Å². The summed E-state index contributed by atoms with van der Waals surface area (Å²) in [6.45, 7) is 2.60. The first-order chi connectivity index (χ1) is 7.20. The third-order valence-corrected chi connectivity index (χ3v) is 2.01. The summed E-state index contributed by atoms with van der Waals surface area (Å²) in [5, 5.41) is 0. The minimum Gasteiger partial charge on any atom is -0.491 e. The van der Waals surface area contributed by atoms with Gasteiger partial charge in [-0.3, -0.25) is 4.98 Å². The minimum atomic E-state index is -0.489. The molecule has 2 rings (SSSR count). The topological polar surface area (TPSA) is 81.2 Å². The molecule has 0 aliphatic heterocycles. The number of nitrogens with two attached hydrogens (primary N) is 1. The van der Waals surface area contributed by atoms with Crippen LogP contribution in [0.4, 0.5) is 5.69 Å². The number of hydrogen-bond donors (Lipinski definition) is 2. The van der Waals surface area contributed by atoms with E-state index in [-0.39, 0.29) is 0 Å². The summed E-state index contributed by atoms with van der Waals surface area (Å²) < 4.78 is 10.3. The Labute approximate surface area is 85.8 Å². The Hall–Kier alpha value is -1.91. The average Bonchev–Trinajstić information content (AvgIpc) is 2.53. The third kappa shape index (κ3) is 1.81. The largest absolute Gasteiger partial charge is 0.491 e. The van der Waals surface area contributed by atoms with Crippen LogP contribution in [0.15, 0.2) is 21.3 Å². The van der Waals surface area contributed by atoms with Gasteiger partial charge in [0.05, 0.1) is 17.8 Å². The molecule has 5 nitrogen and oxygen atoms in total. The summed E-state index contributed by atoms with van der Waals surface area (Å²) in [5.74, 6) is 0.0819. The number of aromatic amines is 1. The Morgan fingerprint density at radius 2 is 2.33 bits per heavy atom. The molecule has 0 saturated carbocycles. The zero-order chi connectivity index (χ0) is 10.8. The fraction of sp³-hybridized carbons (Fsp3) is 0.300. The summed E-state index contributed by atoms with van der Waals surface area (Å²) in [4.78, 5) is 13.5. The molecule has 0 aliphatic rings. The highest BCUT2D eigenvalue weighted by Gasteiger charge is 2.07. The molecule has 0 atom stereocenters. The van der Waals surface area contributed by atoms with Gasteiger partial charge >= 0.3 is 5.76 Å². The molecule has 5 heteroatoms. The summed E-state index contributed by atoms with van der Waals surface area (Å²) in [5.41, 5.74) is 7.25. The fourth-order valence-electron chi connectivity index (χ4n) is 1.33. The lowest BCUT2D eigenvalue weighted by Crippen LogP contribution is -1.98. The van der Waals surface area contributed by atoms with Crippen molar-refractivity contribution < 1.29 is 9.15 Å². The van der Waals surface area contributed by atoms with Gasteiger partial charge in [0.15, 0.2) is 5.58 Å². The number of oxazole rings is 1. The van der Waals surface area contributed by atoms with E-state index in [4.69, 9.17) is 14.9 Å². The van der Waals surface area contributed by atoms with Gasteiger partial charge in [-0.05, 0) is 6.42 Å². The van der Waals surface area contributed by atoms with E-state index in [0.29, 0.717) is 29.1 Å². The van der Waals surface area contributed by atoms with Gasteiger partial charge in [-0.1, -0.05) is 6.92 Å². The molecule has 2 aromatic rings. The molecule has 0 aliphatic carbocycles. The number of nitrogens with one attached hydrogen (secondary N) is 1. The van der Waals surface area contributed by atoms with E-state index in [1.165, 1.54) is 0 Å². The molecule has 15 heavy (non-hydrogen) atoms. The van der Waals surface area contributed by atoms with Gasteiger partial charge in [0.1, 0.15) is 5.75 Å². The van der Waals surface area contributed by atoms with Gasteiger partial charge in [0.2, 0.25) is 0 Å². The Morgan fingerprint density at radius 1 is 1.53 bits per heavy atom. The number of aromatic nitrogens is 1. The monoisotopic (exact) mass is 208 g/mol. The van der Waals surface area contributed by atoms with Crippen LogP contribution >= 0.6 is 0 Å². The van der Waals surface area contributed by atoms with Crippen LogP contribution in [-0.2, 0) is 0 Å². The second-order valence-corrected chi connectivity index (χ2v) is 3.25. The maximum Gasteiger partial charge on any atom is 0.417 e. The van der Waals surface area contributed by atoms with Crippen LogP contribution in [0.5, 0.6) is 5.75 Å². The van der Waals surface area contributed by atoms with Crippen molar-refractivity contribution in [1.29, 1.82) is 0 Å². The van der Waals surface area contributed by atoms with Gasteiger partial charge in [0.25, 0.3) is 0 Å². The van der Waals surface area contributed by atoms with Crippen LogP contribution in [0, 0.1) is 0 Å². The molecule has 1 aromatic heterocycles. The summed E-state index contributed by atoms with van der Waals surface area (Å²) in [7, 11) is 0. The third-order valence-electron chi connectivity index (χ3n) is 2.01. The molecule has 0 saturated heterocycles. The van der Waals surface area contributed by atoms with Crippen LogP contribution in [0.25, 0.3) is 11.1 Å². The first-order valence-electron chi connectivity index (χ1n) is 4.76. The molecule has 0 amide bonds. The second kappa shape index (κ2) is 3.68. The first kappa shape index (κ1) is 9.64. The molecule has 80 valence electrons. The smallest absolute Gasteiger partial charge is 0.417 e. The summed E-state index contributed by atoms with van der Waals surface area (Å²) in [6.07, 6.45) is 0.902. The van der Waals surface area contributed by atoms with E-state index in [1.54, 1.807) is 12.1 Å². The number of hydrogen-bond acceptors (Lipinski definition) is 4. The van der Waals surface area contributed by atoms with Crippen LogP contribution in [-0.4, -0.2) is 11.6 Å². The van der Waals surface area contributed by atoms with Crippen molar-refractivity contribution in [1.82, 2.24) is 4.98 Å². The van der Waals surface area contributed by atoms with Gasteiger partial charge in [0, 0.05) is 12.1 Å². The lowest BCUT2D eigenvalue weighted by atomic mass is 10.2. The molecule has 0 spiro atoms. The van der Waals surface area contributed by atoms with E-state index in [2.05, 4.69) is 4.98 Å². The fourth-order valence-corrected chi connectivity index (χ4v) is 1.33. The highest BCUT2D eigenvalue weighted by Crippen LogP contribution is 2.26. The molecule has 0 bridgehead atoms. The maximum absolute atomic E-state index is 10.9. The predicted octanol–water partition coefficient (Wildman–Crippen LogP) is 1.49. The number of anilines is 1. The van der Waals surface area contributed by atoms with E-state index < -0.39 is 5.76 Å². The van der Waals surface area contributed by atoms with Gasteiger partial charge in [-0.15, -0.1) is 0 Å². The highest BCUT2D eigenvalue weighted by molar-refractivity contribution is 5.80. The van der Waals surface area contributed by atoms with Gasteiger partial charge < -0.3 is 14.9 Å². The Balaban J connectivity index is 2.46. The second-order valence-electron chi connectivity index (χ2n) is 3.25. The quantitative estimate of drug-likeness (QED) is 0.749. The highest BCUT2D eigenvalue weighted by atomic mass is 16.5. The van der Waals surface area contributed by atoms with E-state index in [1.807, 2.05) is 6.92 Å². The van der Waals surface area contributed by atoms with Gasteiger partial charge in [-0.2, -0.15) is 0 Å². The molecule has 0 unspecified atom stereocenters. The number of benzene rings is 1. The van der Waals surface area contributed by atoms with Crippen molar-refractivity contribution in [2.24, 2.45) is 0 Å². The van der Waals surface area contributed by atoms with Crippen LogP contribution in [0.1, 0.15) is 13.3 Å². The molecule has 1 aromatic carbocycles. The molecular formula is C10H12N2O3. The number of H-pyrrole nitrogens is 1. The molecule has 0 radical (unpaired) electrons. The van der Waals surface area contributed by atoms with Crippen LogP contribution < -0.4 is 16.2 Å². The standard InChI is InChI=1S/C10H12N2O3/c1-2-3-14-8-5-7-9(4-6(8)11)15-10(13)12-7/h4-5H,2-3,11H2,1H3,(H,12,13). The van der Waals surface area contributed by atoms with E-state index in [0.717, 1.165) is 6.42 Å². The molecule has 3 N–H and O–H groups in total. The van der Waals surface area contributed by atoms with Crippen molar-refractivity contribution in [2.75, 3.05) is 12.3 Å². The lowest BCUT2D eigenvalue weighted by molar-refractivity contribution is 0.319. The maximum atomic E-state index is 10.9. The zero-order valence-electron chi connectivity index (χ0n) is 8.37. The summed E-state index contributed by atoms with van der Waals surface area (Å²) >= 11 is 0. The predicted molar refractivity (Wildman–Crippen MR) is 57.0 cm³/mol. The van der Waals surface area contributed by atoms with Crippen molar-refractivity contribution in [3.8, 4) is 5.75 Å². The lowest BCUT2D eigenvalue weighted by Gasteiger charge is -2.06. The Bertz CT molecular complexity index is 527. The summed E-state index contributed by atoms with van der Waals surface area (Å²) in [6, 6.07) is 3.25. The Kier molecular flexibility index (Phi) is 2.37. The SMILES string of the molecule is CCCOc1cc2[nH]c(=O)oc2cc1N. The molecule has 1 heterocycles. The van der Waals surface area contributed by atoms with E-state index in [9.17, 15) is 4.79 Å². The minimum absolute atomic E-state index is 0.446. The number of ether oxygens (including phenoxy) is 1. The van der Waals surface area contributed by atoms with Crippen molar-refractivity contribution in [3.05, 3.63) is 22.7 Å². The first-order valence-corrected chi connectivity index (χ1v) is 4.76. The molecule has 0 fully saturated rings. The zero-order valence-corrected chi connectivity index (χ0v) is 8.37. The number of nitrogen functional groups attached to an aromatic ring is 1. The van der Waals surface area contributed by atoms with Crippen LogP contribution in [0.3, 0.4) is 0 Å². The van der Waals surface area contributed by atoms with Gasteiger partial charge in [-0.25, -0.2) is 4.79 Å². The van der Waals surface area contributed by atoms with Crippen molar-refractivity contribution in [3.63, 3.8) is 0 Å². The average molecular weight is 208 g/mol. The van der Waals surface area contributed by atoms with Crippen LogP contribution in [0.2, 0.25) is 0 Å². The number of fused-ring (bicyclic) bond motifs is 1. The normalized spacial score (nSPS) is 10.7. The Morgan fingerprint density at radius 3 is 3.07 bits per heavy atom.